The lowest BCUT2D eigenvalue weighted by atomic mass is 10.0. The van der Waals surface area contributed by atoms with Gasteiger partial charge >= 0.3 is 0 Å². The largest absolute Gasteiger partial charge is 0.497 e. The molecule has 1 heterocycles. The number of benzene rings is 2. The van der Waals surface area contributed by atoms with Gasteiger partial charge in [0.05, 0.1) is 32.9 Å². The Morgan fingerprint density at radius 3 is 2.57 bits per heavy atom. The Bertz CT molecular complexity index is 888. The van der Waals surface area contributed by atoms with Gasteiger partial charge in [-0.15, -0.1) is 0 Å². The summed E-state index contributed by atoms with van der Waals surface area (Å²) in [4.78, 5) is 25.6. The summed E-state index contributed by atoms with van der Waals surface area (Å²) >= 11 is 0. The van der Waals surface area contributed by atoms with Crippen molar-refractivity contribution in [1.29, 1.82) is 0 Å². The van der Waals surface area contributed by atoms with Gasteiger partial charge in [-0.1, -0.05) is 0 Å². The van der Waals surface area contributed by atoms with Crippen molar-refractivity contribution in [2.45, 2.75) is 18.9 Å². The third-order valence-corrected chi connectivity index (χ3v) is 5.26. The number of carbonyl (C=O) groups excluding carboxylic acids is 2. The molecule has 1 saturated heterocycles. The molecule has 0 bridgehead atoms. The second kappa shape index (κ2) is 10.1. The standard InChI is InChI=1S/C22H26FN3O4/c1-29-17-9-10-20(30-2)18(12-17)19-4-3-11-26(19)14-22(28)24-13-21(27)25-16-7-5-15(23)6-8-16/h5-10,12,19H,3-4,11,13-14H2,1-2H3,(H,24,28)(H,25,27)/p+1/t19-/m1/s1. The maximum atomic E-state index is 12.9. The first-order valence-electron chi connectivity index (χ1n) is 9.88. The lowest BCUT2D eigenvalue weighted by Crippen LogP contribution is -3.11. The molecule has 7 nitrogen and oxygen atoms in total. The van der Waals surface area contributed by atoms with E-state index >= 15 is 0 Å². The van der Waals surface area contributed by atoms with Gasteiger partial charge in [-0.3, -0.25) is 9.59 Å². The first-order chi connectivity index (χ1) is 14.5. The normalized spacial score (nSPS) is 18.0. The monoisotopic (exact) mass is 416 g/mol. The quantitative estimate of drug-likeness (QED) is 0.606. The summed E-state index contributed by atoms with van der Waals surface area (Å²) in [6.07, 6.45) is 1.94. The van der Waals surface area contributed by atoms with Crippen LogP contribution in [-0.2, 0) is 9.59 Å². The first kappa shape index (κ1) is 21.6. The molecule has 0 spiro atoms. The molecule has 0 radical (unpaired) electrons. The van der Waals surface area contributed by atoms with Gasteiger partial charge in [0.1, 0.15) is 23.4 Å². The number of halogens is 1. The SMILES string of the molecule is COc1ccc(OC)c([C@H]2CCC[NH+]2CC(=O)NCC(=O)Nc2ccc(F)cc2)c1. The lowest BCUT2D eigenvalue weighted by Gasteiger charge is -2.23. The van der Waals surface area contributed by atoms with E-state index in [1.165, 1.54) is 24.3 Å². The van der Waals surface area contributed by atoms with E-state index in [-0.39, 0.29) is 36.8 Å². The molecule has 0 aromatic heterocycles. The van der Waals surface area contributed by atoms with Gasteiger partial charge in [0, 0.05) is 18.5 Å². The van der Waals surface area contributed by atoms with Gasteiger partial charge in [0.15, 0.2) is 6.54 Å². The minimum absolute atomic E-state index is 0.119. The highest BCUT2D eigenvalue weighted by atomic mass is 19.1. The Kier molecular flexibility index (Phi) is 7.24. The number of quaternary nitrogens is 1. The third kappa shape index (κ3) is 5.48. The number of methoxy groups -OCH3 is 2. The number of hydrogen-bond donors (Lipinski definition) is 3. The van der Waals surface area contributed by atoms with Crippen LogP contribution in [0, 0.1) is 5.82 Å². The summed E-state index contributed by atoms with van der Waals surface area (Å²) in [6.45, 7) is 0.978. The Hall–Kier alpha value is -3.13. The van der Waals surface area contributed by atoms with Gasteiger partial charge in [0.25, 0.3) is 5.91 Å². The van der Waals surface area contributed by atoms with Crippen LogP contribution in [0.1, 0.15) is 24.4 Å². The minimum Gasteiger partial charge on any atom is -0.497 e. The van der Waals surface area contributed by atoms with E-state index < -0.39 is 0 Å². The van der Waals surface area contributed by atoms with Gasteiger partial charge in [-0.25, -0.2) is 4.39 Å². The van der Waals surface area contributed by atoms with E-state index in [2.05, 4.69) is 10.6 Å². The maximum Gasteiger partial charge on any atom is 0.275 e. The number of ether oxygens (including phenoxy) is 2. The van der Waals surface area contributed by atoms with Crippen molar-refractivity contribution in [1.82, 2.24) is 5.32 Å². The predicted octanol–water partition coefficient (Wildman–Crippen LogP) is 1.32. The number of rotatable bonds is 8. The first-order valence-corrected chi connectivity index (χ1v) is 9.88. The molecule has 2 atom stereocenters. The summed E-state index contributed by atoms with van der Waals surface area (Å²) in [5.74, 6) is 0.584. The van der Waals surface area contributed by atoms with Gasteiger partial charge < -0.3 is 25.0 Å². The van der Waals surface area contributed by atoms with Crippen molar-refractivity contribution < 1.29 is 28.4 Å². The molecule has 0 aliphatic carbocycles. The summed E-state index contributed by atoms with van der Waals surface area (Å²) in [7, 11) is 3.25. The van der Waals surface area contributed by atoms with E-state index in [0.29, 0.717) is 5.69 Å². The van der Waals surface area contributed by atoms with Crippen LogP contribution < -0.4 is 25.0 Å². The highest BCUT2D eigenvalue weighted by Gasteiger charge is 2.34. The number of amides is 2. The fraction of sp³-hybridized carbons (Fsp3) is 0.364. The zero-order valence-electron chi connectivity index (χ0n) is 17.2. The number of likely N-dealkylation sites (tertiary alicyclic amines) is 1. The molecule has 8 heteroatoms. The van der Waals surface area contributed by atoms with Crippen LogP contribution in [-0.4, -0.2) is 45.7 Å². The highest BCUT2D eigenvalue weighted by molar-refractivity contribution is 5.94. The van der Waals surface area contributed by atoms with E-state index in [1.54, 1.807) is 14.2 Å². The van der Waals surface area contributed by atoms with E-state index in [9.17, 15) is 14.0 Å². The molecule has 3 N–H and O–H groups in total. The van der Waals surface area contributed by atoms with Crippen molar-refractivity contribution in [3.8, 4) is 11.5 Å². The maximum absolute atomic E-state index is 12.9. The third-order valence-electron chi connectivity index (χ3n) is 5.26. The molecule has 30 heavy (non-hydrogen) atoms. The molecular formula is C22H27FN3O4+. The molecular weight excluding hydrogens is 389 g/mol. The minimum atomic E-state index is -0.378. The van der Waals surface area contributed by atoms with Crippen molar-refractivity contribution in [2.24, 2.45) is 0 Å². The zero-order chi connectivity index (χ0) is 21.5. The molecule has 1 aliphatic rings. The number of nitrogens with one attached hydrogen (secondary N) is 3. The van der Waals surface area contributed by atoms with Crippen LogP contribution in [0.3, 0.4) is 0 Å². The van der Waals surface area contributed by atoms with Crippen LogP contribution in [0.4, 0.5) is 10.1 Å². The number of hydrogen-bond acceptors (Lipinski definition) is 4. The number of anilines is 1. The average Bonchev–Trinajstić information content (AvgIpc) is 3.21. The Morgan fingerprint density at radius 1 is 1.10 bits per heavy atom. The van der Waals surface area contributed by atoms with Crippen molar-refractivity contribution in [2.75, 3.05) is 39.2 Å². The van der Waals surface area contributed by atoms with Crippen LogP contribution in [0.2, 0.25) is 0 Å². The smallest absolute Gasteiger partial charge is 0.275 e. The highest BCUT2D eigenvalue weighted by Crippen LogP contribution is 2.31. The number of carbonyl (C=O) groups is 2. The molecule has 3 rings (SSSR count). The topological polar surface area (TPSA) is 81.1 Å². The molecule has 2 aromatic carbocycles. The molecule has 0 saturated carbocycles. The molecule has 1 aliphatic heterocycles. The second-order valence-electron chi connectivity index (χ2n) is 7.22. The lowest BCUT2D eigenvalue weighted by molar-refractivity contribution is -0.910. The van der Waals surface area contributed by atoms with Crippen LogP contribution in [0.5, 0.6) is 11.5 Å². The Balaban J connectivity index is 1.55. The average molecular weight is 416 g/mol. The summed E-state index contributed by atoms with van der Waals surface area (Å²) in [6, 6.07) is 11.3. The van der Waals surface area contributed by atoms with Gasteiger partial charge in [0.2, 0.25) is 5.91 Å². The summed E-state index contributed by atoms with van der Waals surface area (Å²) < 4.78 is 23.8. The van der Waals surface area contributed by atoms with Gasteiger partial charge in [-0.2, -0.15) is 0 Å². The summed E-state index contributed by atoms with van der Waals surface area (Å²) in [5, 5.41) is 5.29. The predicted molar refractivity (Wildman–Crippen MR) is 110 cm³/mol. The van der Waals surface area contributed by atoms with Crippen LogP contribution >= 0.6 is 0 Å². The van der Waals surface area contributed by atoms with E-state index in [0.717, 1.165) is 41.3 Å². The second-order valence-corrected chi connectivity index (χ2v) is 7.22. The van der Waals surface area contributed by atoms with E-state index in [1.807, 2.05) is 18.2 Å². The van der Waals surface area contributed by atoms with Crippen molar-refractivity contribution in [3.63, 3.8) is 0 Å². The Morgan fingerprint density at radius 2 is 1.87 bits per heavy atom. The molecule has 2 amide bonds. The van der Waals surface area contributed by atoms with Crippen LogP contribution in [0.15, 0.2) is 42.5 Å². The molecule has 2 aromatic rings. The van der Waals surface area contributed by atoms with Crippen molar-refractivity contribution >= 4 is 17.5 Å². The zero-order valence-corrected chi connectivity index (χ0v) is 17.2. The van der Waals surface area contributed by atoms with E-state index in [4.69, 9.17) is 9.47 Å². The fourth-order valence-corrected chi connectivity index (χ4v) is 3.80. The van der Waals surface area contributed by atoms with Gasteiger partial charge in [-0.05, 0) is 42.5 Å². The molecule has 1 fully saturated rings. The Labute approximate surface area is 175 Å². The molecule has 160 valence electrons. The van der Waals surface area contributed by atoms with Crippen molar-refractivity contribution in [3.05, 3.63) is 53.8 Å². The summed E-state index contributed by atoms with van der Waals surface area (Å²) in [5.41, 5.74) is 1.50. The molecule has 1 unspecified atom stereocenters. The fourth-order valence-electron chi connectivity index (χ4n) is 3.80. The van der Waals surface area contributed by atoms with Crippen LogP contribution in [0.25, 0.3) is 0 Å².